The average molecular weight is 207 g/mol. The highest BCUT2D eigenvalue weighted by molar-refractivity contribution is 5.02. The zero-order chi connectivity index (χ0) is 10.1. The highest BCUT2D eigenvalue weighted by atomic mass is 15.0. The van der Waals surface area contributed by atoms with Crippen molar-refractivity contribution in [2.75, 3.05) is 6.54 Å². The van der Waals surface area contributed by atoms with Gasteiger partial charge in [-0.15, -0.1) is 0 Å². The van der Waals surface area contributed by atoms with E-state index >= 15 is 0 Å². The van der Waals surface area contributed by atoms with Gasteiger partial charge in [0.15, 0.2) is 0 Å². The van der Waals surface area contributed by atoms with Crippen LogP contribution in [0.15, 0.2) is 0 Å². The predicted octanol–water partition coefficient (Wildman–Crippen LogP) is 3.49. The van der Waals surface area contributed by atoms with Gasteiger partial charge in [-0.25, -0.2) is 0 Å². The molecule has 1 heteroatoms. The highest BCUT2D eigenvalue weighted by Gasteiger charge is 2.45. The third-order valence-corrected chi connectivity index (χ3v) is 4.83. The van der Waals surface area contributed by atoms with Gasteiger partial charge in [-0.1, -0.05) is 25.7 Å². The summed E-state index contributed by atoms with van der Waals surface area (Å²) in [7, 11) is 0. The van der Waals surface area contributed by atoms with Crippen molar-refractivity contribution in [1.29, 1.82) is 0 Å². The van der Waals surface area contributed by atoms with Crippen LogP contribution in [0, 0.1) is 11.8 Å². The van der Waals surface area contributed by atoms with Crippen molar-refractivity contribution in [1.82, 2.24) is 5.32 Å². The van der Waals surface area contributed by atoms with Crippen LogP contribution in [0.5, 0.6) is 0 Å². The zero-order valence-electron chi connectivity index (χ0n) is 9.93. The van der Waals surface area contributed by atoms with Crippen molar-refractivity contribution >= 4 is 0 Å². The summed E-state index contributed by atoms with van der Waals surface area (Å²) in [6.07, 6.45) is 14.9. The van der Waals surface area contributed by atoms with Gasteiger partial charge in [-0.3, -0.25) is 0 Å². The maximum atomic E-state index is 3.94. The third-order valence-electron chi connectivity index (χ3n) is 4.83. The van der Waals surface area contributed by atoms with Crippen molar-refractivity contribution < 1.29 is 0 Å². The molecule has 0 amide bonds. The summed E-state index contributed by atoms with van der Waals surface area (Å²) in [6, 6.07) is 0. The molecule has 0 aromatic heterocycles. The molecular weight excluding hydrogens is 182 g/mol. The monoisotopic (exact) mass is 207 g/mol. The zero-order valence-corrected chi connectivity index (χ0v) is 9.93. The first-order chi connectivity index (χ1) is 7.39. The van der Waals surface area contributed by atoms with E-state index < -0.39 is 0 Å². The third kappa shape index (κ3) is 2.38. The maximum absolute atomic E-state index is 3.94. The summed E-state index contributed by atoms with van der Waals surface area (Å²) < 4.78 is 0. The van der Waals surface area contributed by atoms with E-state index in [1.807, 2.05) is 0 Å². The Morgan fingerprint density at radius 2 is 1.87 bits per heavy atom. The van der Waals surface area contributed by atoms with Crippen molar-refractivity contribution in [3.63, 3.8) is 0 Å². The summed E-state index contributed by atoms with van der Waals surface area (Å²) >= 11 is 0. The second kappa shape index (κ2) is 4.08. The number of rotatable bonds is 4. The molecule has 3 fully saturated rings. The molecule has 3 aliphatic rings. The average Bonchev–Trinajstić information content (AvgIpc) is 3.06. The van der Waals surface area contributed by atoms with Gasteiger partial charge in [0.05, 0.1) is 0 Å². The quantitative estimate of drug-likeness (QED) is 0.744. The van der Waals surface area contributed by atoms with Crippen LogP contribution in [0.2, 0.25) is 0 Å². The lowest BCUT2D eigenvalue weighted by Crippen LogP contribution is -2.46. The van der Waals surface area contributed by atoms with Crippen molar-refractivity contribution in [3.8, 4) is 0 Å². The van der Waals surface area contributed by atoms with E-state index in [9.17, 15) is 0 Å². The second-order valence-electron chi connectivity index (χ2n) is 6.15. The van der Waals surface area contributed by atoms with Gasteiger partial charge in [0, 0.05) is 5.54 Å². The molecule has 1 atom stereocenters. The van der Waals surface area contributed by atoms with Crippen molar-refractivity contribution in [3.05, 3.63) is 0 Å². The van der Waals surface area contributed by atoms with E-state index in [2.05, 4.69) is 5.32 Å². The molecule has 86 valence electrons. The molecule has 1 heterocycles. The lowest BCUT2D eigenvalue weighted by atomic mass is 9.83. The summed E-state index contributed by atoms with van der Waals surface area (Å²) in [5, 5.41) is 3.94. The first-order valence-corrected chi connectivity index (χ1v) is 7.14. The Labute approximate surface area is 94.0 Å². The molecule has 1 aliphatic heterocycles. The Morgan fingerprint density at radius 3 is 2.60 bits per heavy atom. The first kappa shape index (κ1) is 10.1. The summed E-state index contributed by atoms with van der Waals surface area (Å²) in [5.41, 5.74) is 0.596. The number of nitrogens with one attached hydrogen (secondary N) is 1. The van der Waals surface area contributed by atoms with Gasteiger partial charge >= 0.3 is 0 Å². The van der Waals surface area contributed by atoms with E-state index in [0.29, 0.717) is 5.54 Å². The van der Waals surface area contributed by atoms with E-state index in [1.54, 1.807) is 0 Å². The molecule has 0 bridgehead atoms. The molecule has 1 unspecified atom stereocenters. The lowest BCUT2D eigenvalue weighted by molar-refractivity contribution is 0.243. The number of hydrogen-bond acceptors (Lipinski definition) is 1. The normalized spacial score (nSPS) is 37.6. The van der Waals surface area contributed by atoms with Crippen LogP contribution in [0.4, 0.5) is 0 Å². The van der Waals surface area contributed by atoms with E-state index in [0.717, 1.165) is 11.8 Å². The Morgan fingerprint density at radius 1 is 1.00 bits per heavy atom. The topological polar surface area (TPSA) is 12.0 Å². The largest absolute Gasteiger partial charge is 0.311 e. The summed E-state index contributed by atoms with van der Waals surface area (Å²) in [6.45, 7) is 1.29. The van der Waals surface area contributed by atoms with Crippen LogP contribution in [0.3, 0.4) is 0 Å². The molecular formula is C14H25N. The Bertz CT molecular complexity index is 207. The Balaban J connectivity index is 1.62. The molecule has 0 spiro atoms. The van der Waals surface area contributed by atoms with E-state index in [1.165, 1.54) is 70.8 Å². The molecule has 15 heavy (non-hydrogen) atoms. The fourth-order valence-electron chi connectivity index (χ4n) is 3.44. The maximum Gasteiger partial charge on any atom is 0.0209 e. The predicted molar refractivity (Wildman–Crippen MR) is 63.9 cm³/mol. The van der Waals surface area contributed by atoms with Crippen molar-refractivity contribution in [2.24, 2.45) is 11.8 Å². The molecule has 1 N–H and O–H groups in total. The molecule has 3 rings (SSSR count). The van der Waals surface area contributed by atoms with Gasteiger partial charge < -0.3 is 5.32 Å². The van der Waals surface area contributed by atoms with E-state index in [-0.39, 0.29) is 0 Å². The molecule has 0 aromatic carbocycles. The standard InChI is InChI=1S/C14H25N/c1-2-9-14(13-6-7-13,15-11-3-1)10-8-12-4-5-12/h12-13,15H,1-11H2. The molecule has 1 nitrogen and oxygen atoms in total. The molecule has 2 saturated carbocycles. The molecule has 0 radical (unpaired) electrons. The van der Waals surface area contributed by atoms with Crippen LogP contribution < -0.4 is 5.32 Å². The highest BCUT2D eigenvalue weighted by Crippen LogP contribution is 2.47. The van der Waals surface area contributed by atoms with Crippen LogP contribution in [-0.4, -0.2) is 12.1 Å². The smallest absolute Gasteiger partial charge is 0.0209 e. The summed E-state index contributed by atoms with van der Waals surface area (Å²) in [4.78, 5) is 0. The van der Waals surface area contributed by atoms with Crippen LogP contribution >= 0.6 is 0 Å². The number of hydrogen-bond donors (Lipinski definition) is 1. The van der Waals surface area contributed by atoms with Crippen LogP contribution in [-0.2, 0) is 0 Å². The minimum Gasteiger partial charge on any atom is -0.311 e. The van der Waals surface area contributed by atoms with Crippen LogP contribution in [0.1, 0.15) is 64.2 Å². The van der Waals surface area contributed by atoms with Gasteiger partial charge in [0.1, 0.15) is 0 Å². The lowest BCUT2D eigenvalue weighted by Gasteiger charge is -2.34. The van der Waals surface area contributed by atoms with Gasteiger partial charge in [-0.2, -0.15) is 0 Å². The van der Waals surface area contributed by atoms with Crippen LogP contribution in [0.25, 0.3) is 0 Å². The molecule has 2 aliphatic carbocycles. The Hall–Kier alpha value is -0.0400. The minimum absolute atomic E-state index is 0.596. The van der Waals surface area contributed by atoms with Gasteiger partial charge in [-0.05, 0) is 56.9 Å². The van der Waals surface area contributed by atoms with Gasteiger partial charge in [0.25, 0.3) is 0 Å². The summed E-state index contributed by atoms with van der Waals surface area (Å²) in [5.74, 6) is 2.17. The molecule has 0 aromatic rings. The first-order valence-electron chi connectivity index (χ1n) is 7.14. The van der Waals surface area contributed by atoms with Crippen molar-refractivity contribution in [2.45, 2.75) is 69.7 Å². The fourth-order valence-corrected chi connectivity index (χ4v) is 3.44. The SMILES string of the molecule is C1CCNC(CCC2CC2)(C2CC2)CC1. The Kier molecular flexibility index (Phi) is 2.76. The van der Waals surface area contributed by atoms with Gasteiger partial charge in [0.2, 0.25) is 0 Å². The minimum atomic E-state index is 0.596. The molecule has 1 saturated heterocycles. The van der Waals surface area contributed by atoms with E-state index in [4.69, 9.17) is 0 Å². The fraction of sp³-hybridized carbons (Fsp3) is 1.00. The second-order valence-corrected chi connectivity index (χ2v) is 6.15.